The Morgan fingerprint density at radius 3 is 2.86 bits per heavy atom. The summed E-state index contributed by atoms with van der Waals surface area (Å²) in [6.07, 6.45) is 1.34. The molecule has 0 spiro atoms. The van der Waals surface area contributed by atoms with Gasteiger partial charge in [-0.05, 0) is 18.9 Å². The summed E-state index contributed by atoms with van der Waals surface area (Å²) in [5.74, 6) is -1.49. The number of hydrogen-bond acceptors (Lipinski definition) is 3. The van der Waals surface area contributed by atoms with E-state index < -0.39 is 11.9 Å². The van der Waals surface area contributed by atoms with E-state index in [1.165, 1.54) is 0 Å². The summed E-state index contributed by atoms with van der Waals surface area (Å²) in [5.41, 5.74) is 1.30. The molecule has 6 nitrogen and oxygen atoms in total. The van der Waals surface area contributed by atoms with Crippen LogP contribution >= 0.6 is 0 Å². The number of hydrogen-bond donors (Lipinski definition) is 1. The van der Waals surface area contributed by atoms with E-state index in [0.29, 0.717) is 25.1 Å². The van der Waals surface area contributed by atoms with Crippen LogP contribution < -0.4 is 0 Å². The van der Waals surface area contributed by atoms with E-state index in [9.17, 15) is 9.59 Å². The summed E-state index contributed by atoms with van der Waals surface area (Å²) in [5, 5.41) is 14.2. The van der Waals surface area contributed by atoms with Crippen molar-refractivity contribution in [1.82, 2.24) is 14.7 Å². The van der Waals surface area contributed by atoms with Crippen LogP contribution in [-0.4, -0.2) is 44.8 Å². The number of benzene rings is 1. The van der Waals surface area contributed by atoms with Gasteiger partial charge in [0.25, 0.3) is 5.91 Å². The minimum Gasteiger partial charge on any atom is -0.481 e. The molecule has 2 aromatic rings. The number of carboxylic acid groups (broad SMARTS) is 1. The zero-order chi connectivity index (χ0) is 15.0. The van der Waals surface area contributed by atoms with Gasteiger partial charge in [0.05, 0.1) is 11.4 Å². The largest absolute Gasteiger partial charge is 0.481 e. The monoisotopic (exact) mass is 287 g/mol. The van der Waals surface area contributed by atoms with Crippen LogP contribution in [0.15, 0.2) is 24.3 Å². The van der Waals surface area contributed by atoms with Crippen LogP contribution in [0.3, 0.4) is 0 Å². The molecule has 1 saturated heterocycles. The third kappa shape index (κ3) is 2.37. The fourth-order valence-electron chi connectivity index (χ4n) is 2.88. The summed E-state index contributed by atoms with van der Waals surface area (Å²) < 4.78 is 1.68. The Bertz CT molecular complexity index is 707. The Morgan fingerprint density at radius 2 is 2.10 bits per heavy atom. The first-order valence-electron chi connectivity index (χ1n) is 7.01. The van der Waals surface area contributed by atoms with Crippen molar-refractivity contribution in [2.75, 3.05) is 13.1 Å². The van der Waals surface area contributed by atoms with Crippen LogP contribution in [-0.2, 0) is 11.8 Å². The highest BCUT2D eigenvalue weighted by Gasteiger charge is 2.30. The zero-order valence-electron chi connectivity index (χ0n) is 11.8. The van der Waals surface area contributed by atoms with Crippen molar-refractivity contribution in [3.8, 4) is 0 Å². The molecule has 3 rings (SSSR count). The molecule has 1 N–H and O–H groups in total. The molecule has 6 heteroatoms. The molecule has 0 aliphatic carbocycles. The van der Waals surface area contributed by atoms with Crippen molar-refractivity contribution in [2.24, 2.45) is 13.0 Å². The molecule has 2 heterocycles. The van der Waals surface area contributed by atoms with E-state index in [4.69, 9.17) is 5.11 Å². The molecule has 1 amide bonds. The highest BCUT2D eigenvalue weighted by Crippen LogP contribution is 2.22. The van der Waals surface area contributed by atoms with Gasteiger partial charge in [0.15, 0.2) is 5.69 Å². The number of piperidine rings is 1. The zero-order valence-corrected chi connectivity index (χ0v) is 11.8. The SMILES string of the molecule is Cn1nc(C(=O)N2CCCC(C(=O)O)C2)c2ccccc21. The van der Waals surface area contributed by atoms with Crippen molar-refractivity contribution >= 4 is 22.8 Å². The van der Waals surface area contributed by atoms with Crippen LogP contribution in [0.25, 0.3) is 10.9 Å². The van der Waals surface area contributed by atoms with Gasteiger partial charge >= 0.3 is 5.97 Å². The minimum atomic E-state index is -0.835. The number of nitrogens with zero attached hydrogens (tertiary/aromatic N) is 3. The van der Waals surface area contributed by atoms with Crippen LogP contribution in [0.2, 0.25) is 0 Å². The van der Waals surface area contributed by atoms with E-state index in [0.717, 1.165) is 10.9 Å². The molecular formula is C15H17N3O3. The van der Waals surface area contributed by atoms with Gasteiger partial charge in [-0.2, -0.15) is 5.10 Å². The van der Waals surface area contributed by atoms with Gasteiger partial charge in [-0.3, -0.25) is 14.3 Å². The van der Waals surface area contributed by atoms with Gasteiger partial charge in [-0.1, -0.05) is 18.2 Å². The Labute approximate surface area is 122 Å². The maximum absolute atomic E-state index is 12.7. The van der Waals surface area contributed by atoms with E-state index in [2.05, 4.69) is 5.10 Å². The van der Waals surface area contributed by atoms with Crippen molar-refractivity contribution in [3.63, 3.8) is 0 Å². The van der Waals surface area contributed by atoms with Gasteiger partial charge in [0.2, 0.25) is 0 Å². The van der Waals surface area contributed by atoms with Crippen molar-refractivity contribution < 1.29 is 14.7 Å². The molecule has 110 valence electrons. The molecule has 1 aromatic carbocycles. The number of likely N-dealkylation sites (tertiary alicyclic amines) is 1. The summed E-state index contributed by atoms with van der Waals surface area (Å²) in [6, 6.07) is 7.56. The summed E-state index contributed by atoms with van der Waals surface area (Å²) in [7, 11) is 1.80. The third-order valence-corrected chi connectivity index (χ3v) is 4.02. The summed E-state index contributed by atoms with van der Waals surface area (Å²) >= 11 is 0. The van der Waals surface area contributed by atoms with Crippen molar-refractivity contribution in [1.29, 1.82) is 0 Å². The van der Waals surface area contributed by atoms with Crippen LogP contribution in [0, 0.1) is 5.92 Å². The molecular weight excluding hydrogens is 270 g/mol. The lowest BCUT2D eigenvalue weighted by atomic mass is 9.98. The Hall–Kier alpha value is -2.37. The quantitative estimate of drug-likeness (QED) is 0.908. The van der Waals surface area contributed by atoms with Crippen LogP contribution in [0.5, 0.6) is 0 Å². The minimum absolute atomic E-state index is 0.183. The summed E-state index contributed by atoms with van der Waals surface area (Å²) in [4.78, 5) is 25.4. The number of aromatic nitrogens is 2. The second-order valence-corrected chi connectivity index (χ2v) is 5.42. The maximum atomic E-state index is 12.7. The molecule has 1 aromatic heterocycles. The molecule has 21 heavy (non-hydrogen) atoms. The number of carbonyl (C=O) groups is 2. The first kappa shape index (κ1) is 13.6. The highest BCUT2D eigenvalue weighted by atomic mass is 16.4. The standard InChI is InChI=1S/C15H17N3O3/c1-17-12-7-3-2-6-11(12)13(16-17)14(19)18-8-4-5-10(9-18)15(20)21/h2-3,6-7,10H,4-5,8-9H2,1H3,(H,20,21). The predicted octanol–water partition coefficient (Wildman–Crippen LogP) is 1.51. The number of carbonyl (C=O) groups excluding carboxylic acids is 1. The maximum Gasteiger partial charge on any atom is 0.308 e. The Morgan fingerprint density at radius 1 is 1.33 bits per heavy atom. The van der Waals surface area contributed by atoms with Gasteiger partial charge in [0.1, 0.15) is 0 Å². The van der Waals surface area contributed by atoms with Gasteiger partial charge in [-0.15, -0.1) is 0 Å². The number of carboxylic acids is 1. The van der Waals surface area contributed by atoms with Gasteiger partial charge < -0.3 is 10.0 Å². The molecule has 0 radical (unpaired) electrons. The molecule has 0 saturated carbocycles. The highest BCUT2D eigenvalue weighted by molar-refractivity contribution is 6.05. The van der Waals surface area contributed by atoms with Crippen LogP contribution in [0.1, 0.15) is 23.3 Å². The first-order chi connectivity index (χ1) is 10.1. The molecule has 1 aliphatic rings. The van der Waals surface area contributed by atoms with E-state index >= 15 is 0 Å². The van der Waals surface area contributed by atoms with Crippen molar-refractivity contribution in [3.05, 3.63) is 30.0 Å². The number of aryl methyl sites for hydroxylation is 1. The van der Waals surface area contributed by atoms with Crippen LogP contribution in [0.4, 0.5) is 0 Å². The Balaban J connectivity index is 1.92. The number of fused-ring (bicyclic) bond motifs is 1. The van der Waals surface area contributed by atoms with Gasteiger partial charge in [0, 0.05) is 25.5 Å². The third-order valence-electron chi connectivity index (χ3n) is 4.02. The second kappa shape index (κ2) is 5.20. The average Bonchev–Trinajstić information content (AvgIpc) is 2.84. The lowest BCUT2D eigenvalue weighted by Crippen LogP contribution is -2.42. The fourth-order valence-corrected chi connectivity index (χ4v) is 2.88. The fraction of sp³-hybridized carbons (Fsp3) is 0.400. The van der Waals surface area contributed by atoms with E-state index in [-0.39, 0.29) is 12.5 Å². The van der Waals surface area contributed by atoms with Crippen molar-refractivity contribution in [2.45, 2.75) is 12.8 Å². The average molecular weight is 287 g/mol. The number of amides is 1. The number of aliphatic carboxylic acids is 1. The number of para-hydroxylation sites is 1. The molecule has 0 bridgehead atoms. The molecule has 1 fully saturated rings. The molecule has 1 unspecified atom stereocenters. The summed E-state index contributed by atoms with van der Waals surface area (Å²) in [6.45, 7) is 0.854. The lowest BCUT2D eigenvalue weighted by Gasteiger charge is -2.30. The van der Waals surface area contributed by atoms with E-state index in [1.807, 2.05) is 24.3 Å². The number of rotatable bonds is 2. The Kier molecular flexibility index (Phi) is 3.37. The first-order valence-corrected chi connectivity index (χ1v) is 7.01. The predicted molar refractivity (Wildman–Crippen MR) is 77.0 cm³/mol. The smallest absolute Gasteiger partial charge is 0.308 e. The van der Waals surface area contributed by atoms with E-state index in [1.54, 1.807) is 16.6 Å². The second-order valence-electron chi connectivity index (χ2n) is 5.42. The van der Waals surface area contributed by atoms with Gasteiger partial charge in [-0.25, -0.2) is 0 Å². The topological polar surface area (TPSA) is 75.4 Å². The molecule has 1 aliphatic heterocycles. The lowest BCUT2D eigenvalue weighted by molar-refractivity contribution is -0.143. The molecule has 1 atom stereocenters. The normalized spacial score (nSPS) is 18.9.